The van der Waals surface area contributed by atoms with Gasteiger partial charge in [0, 0.05) is 46.0 Å². The first-order valence-corrected chi connectivity index (χ1v) is 7.01. The molecule has 1 aliphatic rings. The van der Waals surface area contributed by atoms with E-state index in [-0.39, 0.29) is 11.9 Å². The average molecular weight is 277 g/mol. The van der Waals surface area contributed by atoms with Gasteiger partial charge in [0.05, 0.1) is 6.04 Å². The number of rotatable bonds is 4. The number of nitrogens with zero attached hydrogens (tertiary/aromatic N) is 3. The van der Waals surface area contributed by atoms with Gasteiger partial charge < -0.3 is 16.0 Å². The molecular weight excluding hydrogens is 254 g/mol. The standard InChI is InChI=1S/C14H23N5O/c1-11(14(20)16-2)18-5-7-19(8-6-18)13-4-3-12(9-15)10-17-13/h3-4,10-11H,5-9,15H2,1-2H3,(H,16,20). The van der Waals surface area contributed by atoms with E-state index in [0.29, 0.717) is 6.54 Å². The summed E-state index contributed by atoms with van der Waals surface area (Å²) in [7, 11) is 1.68. The van der Waals surface area contributed by atoms with Crippen molar-refractivity contribution in [2.24, 2.45) is 5.73 Å². The van der Waals surface area contributed by atoms with Gasteiger partial charge in [-0.25, -0.2) is 4.98 Å². The van der Waals surface area contributed by atoms with Crippen molar-refractivity contribution in [1.82, 2.24) is 15.2 Å². The monoisotopic (exact) mass is 277 g/mol. The number of carbonyl (C=O) groups is 1. The fourth-order valence-corrected chi connectivity index (χ4v) is 2.44. The molecule has 0 bridgehead atoms. The highest BCUT2D eigenvalue weighted by Crippen LogP contribution is 2.15. The Balaban J connectivity index is 1.91. The molecule has 1 aromatic heterocycles. The fraction of sp³-hybridized carbons (Fsp3) is 0.571. The van der Waals surface area contributed by atoms with Gasteiger partial charge in [-0.3, -0.25) is 9.69 Å². The quantitative estimate of drug-likeness (QED) is 0.797. The van der Waals surface area contributed by atoms with Crippen LogP contribution in [0, 0.1) is 0 Å². The highest BCUT2D eigenvalue weighted by molar-refractivity contribution is 5.81. The molecule has 20 heavy (non-hydrogen) atoms. The van der Waals surface area contributed by atoms with Crippen LogP contribution in [0.1, 0.15) is 12.5 Å². The van der Waals surface area contributed by atoms with Crippen LogP contribution in [0.5, 0.6) is 0 Å². The molecule has 3 N–H and O–H groups in total. The van der Waals surface area contributed by atoms with Gasteiger partial charge in [-0.2, -0.15) is 0 Å². The van der Waals surface area contributed by atoms with E-state index >= 15 is 0 Å². The van der Waals surface area contributed by atoms with E-state index in [1.54, 1.807) is 7.05 Å². The number of piperazine rings is 1. The van der Waals surface area contributed by atoms with Crippen LogP contribution in [0.4, 0.5) is 5.82 Å². The second-order valence-corrected chi connectivity index (χ2v) is 5.04. The molecule has 2 heterocycles. The molecule has 6 nitrogen and oxygen atoms in total. The molecule has 1 aromatic rings. The summed E-state index contributed by atoms with van der Waals surface area (Å²) in [6.45, 7) is 5.98. The predicted octanol–water partition coefficient (Wildman–Crippen LogP) is -0.203. The number of likely N-dealkylation sites (N-methyl/N-ethyl adjacent to an activating group) is 1. The summed E-state index contributed by atoms with van der Waals surface area (Å²) in [5.74, 6) is 1.05. The summed E-state index contributed by atoms with van der Waals surface area (Å²) < 4.78 is 0. The van der Waals surface area contributed by atoms with Crippen LogP contribution < -0.4 is 16.0 Å². The van der Waals surface area contributed by atoms with Crippen molar-refractivity contribution in [2.75, 3.05) is 38.1 Å². The largest absolute Gasteiger partial charge is 0.358 e. The van der Waals surface area contributed by atoms with E-state index in [9.17, 15) is 4.79 Å². The lowest BCUT2D eigenvalue weighted by atomic mass is 10.2. The molecule has 110 valence electrons. The topological polar surface area (TPSA) is 74.5 Å². The second kappa shape index (κ2) is 6.67. The minimum absolute atomic E-state index is 0.0730. The van der Waals surface area contributed by atoms with E-state index in [0.717, 1.165) is 37.6 Å². The normalized spacial score (nSPS) is 17.9. The summed E-state index contributed by atoms with van der Waals surface area (Å²) in [4.78, 5) is 20.5. The smallest absolute Gasteiger partial charge is 0.236 e. The van der Waals surface area contributed by atoms with Crippen molar-refractivity contribution in [1.29, 1.82) is 0 Å². The summed E-state index contributed by atoms with van der Waals surface area (Å²) in [5.41, 5.74) is 6.62. The molecule has 2 rings (SSSR count). The van der Waals surface area contributed by atoms with Gasteiger partial charge in [0.1, 0.15) is 5.82 Å². The first-order valence-electron chi connectivity index (χ1n) is 7.01. The Hall–Kier alpha value is -1.66. The molecule has 1 amide bonds. The number of nitrogens with two attached hydrogens (primary N) is 1. The average Bonchev–Trinajstić information content (AvgIpc) is 2.53. The van der Waals surface area contributed by atoms with Crippen molar-refractivity contribution < 1.29 is 4.79 Å². The molecule has 1 atom stereocenters. The van der Waals surface area contributed by atoms with Crippen molar-refractivity contribution in [3.63, 3.8) is 0 Å². The first kappa shape index (κ1) is 14.7. The van der Waals surface area contributed by atoms with Crippen molar-refractivity contribution in [2.45, 2.75) is 19.5 Å². The van der Waals surface area contributed by atoms with Crippen LogP contribution in [0.25, 0.3) is 0 Å². The third kappa shape index (κ3) is 3.26. The zero-order chi connectivity index (χ0) is 14.5. The van der Waals surface area contributed by atoms with Gasteiger partial charge in [-0.15, -0.1) is 0 Å². The lowest BCUT2D eigenvalue weighted by molar-refractivity contribution is -0.125. The summed E-state index contributed by atoms with van der Waals surface area (Å²) >= 11 is 0. The highest BCUT2D eigenvalue weighted by Gasteiger charge is 2.25. The minimum Gasteiger partial charge on any atom is -0.358 e. The van der Waals surface area contributed by atoms with Gasteiger partial charge in [0.15, 0.2) is 0 Å². The van der Waals surface area contributed by atoms with Crippen molar-refractivity contribution >= 4 is 11.7 Å². The van der Waals surface area contributed by atoms with Crippen LogP contribution in [-0.2, 0) is 11.3 Å². The Kier molecular flexibility index (Phi) is 4.92. The lowest BCUT2D eigenvalue weighted by Gasteiger charge is -2.37. The second-order valence-electron chi connectivity index (χ2n) is 5.04. The molecule has 0 radical (unpaired) electrons. The van der Waals surface area contributed by atoms with Gasteiger partial charge in [-0.05, 0) is 18.6 Å². The zero-order valence-electron chi connectivity index (χ0n) is 12.2. The molecule has 1 fully saturated rings. The molecule has 6 heteroatoms. The molecule has 0 spiro atoms. The number of hydrogen-bond donors (Lipinski definition) is 2. The van der Waals surface area contributed by atoms with E-state index in [1.807, 2.05) is 25.3 Å². The number of anilines is 1. The van der Waals surface area contributed by atoms with Crippen LogP contribution in [0.3, 0.4) is 0 Å². The summed E-state index contributed by atoms with van der Waals surface area (Å²) in [6, 6.07) is 3.96. The summed E-state index contributed by atoms with van der Waals surface area (Å²) in [5, 5.41) is 2.70. The van der Waals surface area contributed by atoms with E-state index in [4.69, 9.17) is 5.73 Å². The maximum Gasteiger partial charge on any atom is 0.236 e. The number of carbonyl (C=O) groups excluding carboxylic acids is 1. The molecule has 1 aliphatic heterocycles. The zero-order valence-corrected chi connectivity index (χ0v) is 12.2. The first-order chi connectivity index (χ1) is 9.65. The molecular formula is C14H23N5O. The van der Waals surface area contributed by atoms with Crippen molar-refractivity contribution in [3.05, 3.63) is 23.9 Å². The van der Waals surface area contributed by atoms with Crippen molar-refractivity contribution in [3.8, 4) is 0 Å². The third-order valence-corrected chi connectivity index (χ3v) is 3.86. The molecule has 1 saturated heterocycles. The lowest BCUT2D eigenvalue weighted by Crippen LogP contribution is -2.53. The SMILES string of the molecule is CNC(=O)C(C)N1CCN(c2ccc(CN)cn2)CC1. The maximum absolute atomic E-state index is 11.6. The van der Waals surface area contributed by atoms with E-state index < -0.39 is 0 Å². The van der Waals surface area contributed by atoms with E-state index in [1.165, 1.54) is 0 Å². The minimum atomic E-state index is -0.0743. The molecule has 1 unspecified atom stereocenters. The Labute approximate surface area is 120 Å². The number of amides is 1. The number of nitrogens with one attached hydrogen (secondary N) is 1. The molecule has 0 aromatic carbocycles. The molecule has 0 saturated carbocycles. The van der Waals surface area contributed by atoms with Gasteiger partial charge in [-0.1, -0.05) is 6.07 Å². The van der Waals surface area contributed by atoms with Crippen LogP contribution in [0.2, 0.25) is 0 Å². The predicted molar refractivity (Wildman–Crippen MR) is 79.4 cm³/mol. The Morgan fingerprint density at radius 2 is 2.10 bits per heavy atom. The highest BCUT2D eigenvalue weighted by atomic mass is 16.2. The Morgan fingerprint density at radius 1 is 1.40 bits per heavy atom. The summed E-state index contributed by atoms with van der Waals surface area (Å²) in [6.07, 6.45) is 1.83. The van der Waals surface area contributed by atoms with Crippen LogP contribution in [0.15, 0.2) is 18.3 Å². The third-order valence-electron chi connectivity index (χ3n) is 3.86. The van der Waals surface area contributed by atoms with Crippen LogP contribution >= 0.6 is 0 Å². The van der Waals surface area contributed by atoms with Gasteiger partial charge in [0.2, 0.25) is 5.91 Å². The number of hydrogen-bond acceptors (Lipinski definition) is 5. The Bertz CT molecular complexity index is 439. The van der Waals surface area contributed by atoms with Gasteiger partial charge >= 0.3 is 0 Å². The fourth-order valence-electron chi connectivity index (χ4n) is 2.44. The van der Waals surface area contributed by atoms with Crippen LogP contribution in [-0.4, -0.2) is 55.1 Å². The van der Waals surface area contributed by atoms with E-state index in [2.05, 4.69) is 20.1 Å². The van der Waals surface area contributed by atoms with Gasteiger partial charge in [0.25, 0.3) is 0 Å². The number of pyridine rings is 1. The maximum atomic E-state index is 11.6. The Morgan fingerprint density at radius 3 is 2.60 bits per heavy atom. The number of aromatic nitrogens is 1. The molecule has 0 aliphatic carbocycles.